The van der Waals surface area contributed by atoms with Crippen LogP contribution in [0.5, 0.6) is 0 Å². The summed E-state index contributed by atoms with van der Waals surface area (Å²) in [4.78, 5) is 9.97. The Labute approximate surface area is 99.1 Å². The van der Waals surface area contributed by atoms with Crippen LogP contribution in [-0.2, 0) is 0 Å². The molecule has 0 bridgehead atoms. The molecule has 2 N–H and O–H groups in total. The van der Waals surface area contributed by atoms with Crippen molar-refractivity contribution >= 4 is 17.3 Å². The van der Waals surface area contributed by atoms with Crippen LogP contribution in [0, 0.1) is 11.3 Å². The van der Waals surface area contributed by atoms with Gasteiger partial charge in [0.05, 0.1) is 29.3 Å². The lowest BCUT2D eigenvalue weighted by Gasteiger charge is -2.17. The summed E-state index contributed by atoms with van der Waals surface area (Å²) in [5, 5.41) is 9.02. The summed E-state index contributed by atoms with van der Waals surface area (Å²) in [5.41, 5.74) is 7.38. The number of hydrogen-bond acceptors (Lipinski definition) is 5. The number of para-hydroxylation sites is 1. The van der Waals surface area contributed by atoms with Gasteiger partial charge in [0.25, 0.3) is 0 Å². The summed E-state index contributed by atoms with van der Waals surface area (Å²) in [7, 11) is 1.81. The molecule has 84 valence electrons. The molecule has 0 amide bonds. The van der Waals surface area contributed by atoms with E-state index >= 15 is 0 Å². The molecule has 1 aromatic carbocycles. The SMILES string of the molecule is CN(c1ncc(N)cn1)c1ccccc1C#N. The van der Waals surface area contributed by atoms with Gasteiger partial charge in [-0.2, -0.15) is 5.26 Å². The van der Waals surface area contributed by atoms with E-state index < -0.39 is 0 Å². The molecule has 1 aromatic heterocycles. The van der Waals surface area contributed by atoms with E-state index in [2.05, 4.69) is 16.0 Å². The number of rotatable bonds is 2. The van der Waals surface area contributed by atoms with E-state index in [0.717, 1.165) is 5.69 Å². The second-order valence-electron chi connectivity index (χ2n) is 3.50. The number of nitriles is 1. The fourth-order valence-electron chi connectivity index (χ4n) is 1.47. The maximum Gasteiger partial charge on any atom is 0.229 e. The first-order valence-electron chi connectivity index (χ1n) is 5.03. The van der Waals surface area contributed by atoms with Crippen molar-refractivity contribution in [2.24, 2.45) is 0 Å². The standard InChI is InChI=1S/C12H11N5/c1-17(12-15-7-10(14)8-16-12)11-5-3-2-4-9(11)6-13/h2-5,7-8H,14H2,1H3. The van der Waals surface area contributed by atoms with E-state index in [1.165, 1.54) is 12.4 Å². The molecule has 0 saturated carbocycles. The van der Waals surface area contributed by atoms with Crippen molar-refractivity contribution in [3.05, 3.63) is 42.2 Å². The third-order valence-electron chi connectivity index (χ3n) is 2.34. The molecule has 2 aromatic rings. The first-order chi connectivity index (χ1) is 8.22. The molecule has 0 saturated heterocycles. The number of nitrogen functional groups attached to an aromatic ring is 1. The predicted octanol–water partition coefficient (Wildman–Crippen LogP) is 1.70. The van der Waals surface area contributed by atoms with Crippen LogP contribution < -0.4 is 10.6 Å². The van der Waals surface area contributed by atoms with Gasteiger partial charge in [-0.1, -0.05) is 12.1 Å². The minimum atomic E-state index is 0.502. The van der Waals surface area contributed by atoms with E-state index in [1.54, 1.807) is 11.0 Å². The van der Waals surface area contributed by atoms with Gasteiger partial charge in [-0.15, -0.1) is 0 Å². The molecule has 0 fully saturated rings. The summed E-state index contributed by atoms with van der Waals surface area (Å²) in [6.07, 6.45) is 3.07. The van der Waals surface area contributed by atoms with Crippen LogP contribution in [0.25, 0.3) is 0 Å². The van der Waals surface area contributed by atoms with Crippen molar-refractivity contribution in [1.82, 2.24) is 9.97 Å². The second kappa shape index (κ2) is 4.49. The molecule has 2 rings (SSSR count). The van der Waals surface area contributed by atoms with E-state index in [4.69, 9.17) is 11.0 Å². The van der Waals surface area contributed by atoms with Crippen LogP contribution in [0.1, 0.15) is 5.56 Å². The van der Waals surface area contributed by atoms with Gasteiger partial charge in [0.1, 0.15) is 6.07 Å². The lowest BCUT2D eigenvalue weighted by molar-refractivity contribution is 1.04. The number of nitrogens with zero attached hydrogens (tertiary/aromatic N) is 4. The molecule has 5 heteroatoms. The normalized spacial score (nSPS) is 9.65. The summed E-state index contributed by atoms with van der Waals surface area (Å²) < 4.78 is 0. The van der Waals surface area contributed by atoms with Crippen molar-refractivity contribution in [1.29, 1.82) is 5.26 Å². The minimum Gasteiger partial charge on any atom is -0.396 e. The Balaban J connectivity index is 2.40. The van der Waals surface area contributed by atoms with Crippen molar-refractivity contribution in [3.8, 4) is 6.07 Å². The fourth-order valence-corrected chi connectivity index (χ4v) is 1.47. The van der Waals surface area contributed by atoms with Gasteiger partial charge in [0.2, 0.25) is 5.95 Å². The van der Waals surface area contributed by atoms with Crippen LogP contribution in [-0.4, -0.2) is 17.0 Å². The molecule has 0 aliphatic carbocycles. The summed E-state index contributed by atoms with van der Waals surface area (Å²) in [6.45, 7) is 0. The average molecular weight is 225 g/mol. The van der Waals surface area contributed by atoms with Gasteiger partial charge in [-0.3, -0.25) is 0 Å². The Hall–Kier alpha value is -2.61. The predicted molar refractivity (Wildman–Crippen MR) is 65.7 cm³/mol. The van der Waals surface area contributed by atoms with Crippen LogP contribution in [0.2, 0.25) is 0 Å². The molecule has 0 radical (unpaired) electrons. The summed E-state index contributed by atoms with van der Waals surface area (Å²) >= 11 is 0. The zero-order chi connectivity index (χ0) is 12.3. The number of aromatic nitrogens is 2. The topological polar surface area (TPSA) is 78.8 Å². The zero-order valence-electron chi connectivity index (χ0n) is 9.33. The highest BCUT2D eigenvalue weighted by Crippen LogP contribution is 2.23. The number of hydrogen-bond donors (Lipinski definition) is 1. The summed E-state index contributed by atoms with van der Waals surface area (Å²) in [6, 6.07) is 9.42. The Morgan fingerprint density at radius 1 is 1.24 bits per heavy atom. The van der Waals surface area contributed by atoms with Gasteiger partial charge < -0.3 is 10.6 Å². The molecule has 5 nitrogen and oxygen atoms in total. The van der Waals surface area contributed by atoms with Crippen LogP contribution >= 0.6 is 0 Å². The van der Waals surface area contributed by atoms with Gasteiger partial charge in [-0.05, 0) is 12.1 Å². The zero-order valence-corrected chi connectivity index (χ0v) is 9.33. The van der Waals surface area contributed by atoms with Crippen LogP contribution in [0.15, 0.2) is 36.7 Å². The smallest absolute Gasteiger partial charge is 0.229 e. The third-order valence-corrected chi connectivity index (χ3v) is 2.34. The number of nitrogens with two attached hydrogens (primary N) is 1. The molecule has 17 heavy (non-hydrogen) atoms. The lowest BCUT2D eigenvalue weighted by atomic mass is 10.2. The second-order valence-corrected chi connectivity index (χ2v) is 3.50. The number of benzene rings is 1. The van der Waals surface area contributed by atoms with E-state index in [-0.39, 0.29) is 0 Å². The van der Waals surface area contributed by atoms with E-state index in [0.29, 0.717) is 17.2 Å². The van der Waals surface area contributed by atoms with Gasteiger partial charge in [0, 0.05) is 7.05 Å². The van der Waals surface area contributed by atoms with Gasteiger partial charge >= 0.3 is 0 Å². The van der Waals surface area contributed by atoms with Crippen LogP contribution in [0.3, 0.4) is 0 Å². The molecule has 0 atom stereocenters. The van der Waals surface area contributed by atoms with E-state index in [1.807, 2.05) is 25.2 Å². The molecule has 0 aliphatic rings. The maximum atomic E-state index is 9.02. The van der Waals surface area contributed by atoms with Gasteiger partial charge in [0.15, 0.2) is 0 Å². The van der Waals surface area contributed by atoms with Crippen molar-refractivity contribution in [3.63, 3.8) is 0 Å². The molecular formula is C12H11N5. The largest absolute Gasteiger partial charge is 0.396 e. The van der Waals surface area contributed by atoms with Crippen molar-refractivity contribution < 1.29 is 0 Å². The van der Waals surface area contributed by atoms with Gasteiger partial charge in [-0.25, -0.2) is 9.97 Å². The highest BCUT2D eigenvalue weighted by Gasteiger charge is 2.10. The Bertz CT molecular complexity index is 556. The fraction of sp³-hybridized carbons (Fsp3) is 0.0833. The third kappa shape index (κ3) is 2.16. The molecule has 0 unspecified atom stereocenters. The first-order valence-corrected chi connectivity index (χ1v) is 5.03. The number of anilines is 3. The Kier molecular flexibility index (Phi) is 2.88. The highest BCUT2D eigenvalue weighted by molar-refractivity contribution is 5.65. The van der Waals surface area contributed by atoms with E-state index in [9.17, 15) is 0 Å². The highest BCUT2D eigenvalue weighted by atomic mass is 15.2. The summed E-state index contributed by atoms with van der Waals surface area (Å²) in [5.74, 6) is 0.502. The molecular weight excluding hydrogens is 214 g/mol. The van der Waals surface area contributed by atoms with Crippen molar-refractivity contribution in [2.75, 3.05) is 17.7 Å². The molecule has 0 spiro atoms. The lowest BCUT2D eigenvalue weighted by Crippen LogP contribution is -2.14. The molecule has 1 heterocycles. The quantitative estimate of drug-likeness (QED) is 0.841. The first kappa shape index (κ1) is 10.9. The van der Waals surface area contributed by atoms with Crippen LogP contribution in [0.4, 0.5) is 17.3 Å². The van der Waals surface area contributed by atoms with Crippen molar-refractivity contribution in [2.45, 2.75) is 0 Å². The average Bonchev–Trinajstić information content (AvgIpc) is 2.39. The monoisotopic (exact) mass is 225 g/mol. The Morgan fingerprint density at radius 2 is 1.88 bits per heavy atom. The molecule has 0 aliphatic heterocycles. The minimum absolute atomic E-state index is 0.502. The maximum absolute atomic E-state index is 9.02. The Morgan fingerprint density at radius 3 is 2.53 bits per heavy atom.